The van der Waals surface area contributed by atoms with Crippen molar-refractivity contribution < 1.29 is 4.57 Å². The first kappa shape index (κ1) is 16.3. The molecule has 0 radical (unpaired) electrons. The van der Waals surface area contributed by atoms with Crippen molar-refractivity contribution in [3.8, 4) is 5.69 Å². The highest BCUT2D eigenvalue weighted by Crippen LogP contribution is 2.42. The molecule has 0 spiro atoms. The summed E-state index contributed by atoms with van der Waals surface area (Å²) >= 11 is 2.16. The maximum Gasteiger partial charge on any atom is 0.246 e. The van der Waals surface area contributed by atoms with Crippen LogP contribution >= 0.6 is 11.3 Å². The van der Waals surface area contributed by atoms with E-state index in [4.69, 9.17) is 0 Å². The summed E-state index contributed by atoms with van der Waals surface area (Å²) < 4.78 is 2.64. The van der Waals surface area contributed by atoms with Crippen LogP contribution < -0.4 is 4.57 Å². The Balaban J connectivity index is 1.84. The number of aromatic nitrogens is 1. The van der Waals surface area contributed by atoms with Crippen LogP contribution in [0.1, 0.15) is 90.8 Å². The Bertz CT molecular complexity index is 703. The van der Waals surface area contributed by atoms with Crippen molar-refractivity contribution in [1.29, 1.82) is 0 Å². The number of hydrogen-bond donors (Lipinski definition) is 0. The average molecular weight is 341 g/mol. The smallest absolute Gasteiger partial charge is 0.151 e. The van der Waals surface area contributed by atoms with Gasteiger partial charge in [0.25, 0.3) is 0 Å². The monoisotopic (exact) mass is 340 g/mol. The largest absolute Gasteiger partial charge is 0.246 e. The molecule has 1 aromatic heterocycles. The quantitative estimate of drug-likeness (QED) is 0.573. The van der Waals surface area contributed by atoms with Crippen LogP contribution in [0, 0.1) is 13.8 Å². The Morgan fingerprint density at radius 1 is 0.833 bits per heavy atom. The van der Waals surface area contributed by atoms with E-state index in [1.54, 1.807) is 9.88 Å². The van der Waals surface area contributed by atoms with Gasteiger partial charge in [0.2, 0.25) is 10.7 Å². The third-order valence-corrected chi connectivity index (χ3v) is 7.74. The highest BCUT2D eigenvalue weighted by atomic mass is 32.1. The summed E-state index contributed by atoms with van der Waals surface area (Å²) in [6.45, 7) is 4.64. The van der Waals surface area contributed by atoms with Crippen LogP contribution in [-0.2, 0) is 0 Å². The Kier molecular flexibility index (Phi) is 4.76. The van der Waals surface area contributed by atoms with Crippen LogP contribution in [-0.4, -0.2) is 0 Å². The fourth-order valence-electron chi connectivity index (χ4n) is 4.80. The maximum absolute atomic E-state index is 2.64. The molecule has 0 bridgehead atoms. The number of nitrogens with zero attached hydrogens (tertiary/aromatic N) is 1. The molecular formula is C22H30NS+. The van der Waals surface area contributed by atoms with E-state index >= 15 is 0 Å². The Hall–Kier alpha value is -1.15. The molecule has 2 aliphatic rings. The highest BCUT2D eigenvalue weighted by molar-refractivity contribution is 7.11. The third-order valence-electron chi connectivity index (χ3n) is 6.16. The van der Waals surface area contributed by atoms with E-state index in [1.165, 1.54) is 74.7 Å². The summed E-state index contributed by atoms with van der Waals surface area (Å²) in [5.41, 5.74) is 4.34. The van der Waals surface area contributed by atoms with Crippen molar-refractivity contribution in [2.24, 2.45) is 0 Å². The first-order chi connectivity index (χ1) is 11.8. The first-order valence-electron chi connectivity index (χ1n) is 9.87. The van der Waals surface area contributed by atoms with E-state index in [9.17, 15) is 0 Å². The molecule has 1 heterocycles. The van der Waals surface area contributed by atoms with Crippen LogP contribution in [0.3, 0.4) is 0 Å². The molecule has 1 nitrogen and oxygen atoms in total. The molecule has 2 heteroatoms. The lowest BCUT2D eigenvalue weighted by Crippen LogP contribution is -2.38. The predicted octanol–water partition coefficient (Wildman–Crippen LogP) is 6.35. The van der Waals surface area contributed by atoms with Crippen LogP contribution in [0.5, 0.6) is 0 Å². The molecule has 0 saturated heterocycles. The zero-order valence-corrected chi connectivity index (χ0v) is 16.0. The fourth-order valence-corrected chi connectivity index (χ4v) is 6.40. The molecule has 2 fully saturated rings. The third kappa shape index (κ3) is 2.94. The maximum atomic E-state index is 2.64. The van der Waals surface area contributed by atoms with Gasteiger partial charge in [-0.05, 0) is 38.5 Å². The zero-order chi connectivity index (χ0) is 16.5. The van der Waals surface area contributed by atoms with Crippen molar-refractivity contribution in [2.75, 3.05) is 0 Å². The minimum atomic E-state index is 0.775. The van der Waals surface area contributed by atoms with Gasteiger partial charge in [0.1, 0.15) is 0 Å². The fraction of sp³-hybridized carbons (Fsp3) is 0.591. The van der Waals surface area contributed by atoms with E-state index in [0.29, 0.717) is 0 Å². The Labute approximate surface area is 150 Å². The van der Waals surface area contributed by atoms with Gasteiger partial charge in [0.05, 0.1) is 10.8 Å². The molecule has 0 unspecified atom stereocenters. The number of para-hydroxylation sites is 1. The first-order valence-corrected chi connectivity index (χ1v) is 10.7. The van der Waals surface area contributed by atoms with E-state index in [1.807, 2.05) is 0 Å². The Morgan fingerprint density at radius 2 is 1.46 bits per heavy atom. The van der Waals surface area contributed by atoms with Crippen molar-refractivity contribution >= 4 is 11.3 Å². The standard InChI is InChI=1S/C22H30NS/c1-16-10-6-9-15-20(16)23-17(2)21(18-11-7-8-12-18)24-22(23)19-13-4-3-5-14-19/h6,9-10,15,18-19H,3-5,7-8,11-14H2,1-2H3/q+1. The molecule has 0 amide bonds. The SMILES string of the molecule is Cc1ccccc1-[n+]1c(C2CCCCC2)sc(C2CCCC2)c1C. The number of benzene rings is 1. The Morgan fingerprint density at radius 3 is 2.17 bits per heavy atom. The van der Waals surface area contributed by atoms with Crippen LogP contribution in [0.25, 0.3) is 5.69 Å². The lowest BCUT2D eigenvalue weighted by molar-refractivity contribution is -0.607. The molecular weight excluding hydrogens is 310 g/mol. The van der Waals surface area contributed by atoms with Crippen molar-refractivity contribution in [3.63, 3.8) is 0 Å². The molecule has 24 heavy (non-hydrogen) atoms. The lowest BCUT2D eigenvalue weighted by atomic mass is 9.89. The van der Waals surface area contributed by atoms with E-state index in [0.717, 1.165) is 11.8 Å². The molecule has 2 saturated carbocycles. The van der Waals surface area contributed by atoms with Crippen LogP contribution in [0.15, 0.2) is 24.3 Å². The number of thiazole rings is 1. The zero-order valence-electron chi connectivity index (χ0n) is 15.2. The second-order valence-corrected chi connectivity index (χ2v) is 8.89. The van der Waals surface area contributed by atoms with Gasteiger partial charge in [-0.15, -0.1) is 0 Å². The van der Waals surface area contributed by atoms with E-state index in [2.05, 4.69) is 54.0 Å². The molecule has 128 valence electrons. The molecule has 1 aromatic carbocycles. The van der Waals surface area contributed by atoms with Crippen molar-refractivity contribution in [2.45, 2.75) is 83.5 Å². The summed E-state index contributed by atoms with van der Waals surface area (Å²) in [6.07, 6.45) is 12.7. The van der Waals surface area contributed by atoms with Gasteiger partial charge in [0, 0.05) is 18.6 Å². The molecule has 2 aliphatic carbocycles. The summed E-state index contributed by atoms with van der Waals surface area (Å²) in [6, 6.07) is 8.95. The summed E-state index contributed by atoms with van der Waals surface area (Å²) in [5.74, 6) is 1.60. The molecule has 0 N–H and O–H groups in total. The van der Waals surface area contributed by atoms with Crippen molar-refractivity contribution in [3.05, 3.63) is 45.4 Å². The second kappa shape index (κ2) is 7.00. The topological polar surface area (TPSA) is 3.88 Å². The second-order valence-electron chi connectivity index (χ2n) is 7.83. The van der Waals surface area contributed by atoms with Gasteiger partial charge in [-0.1, -0.05) is 61.6 Å². The van der Waals surface area contributed by atoms with E-state index in [-0.39, 0.29) is 0 Å². The summed E-state index contributed by atoms with van der Waals surface area (Å²) in [7, 11) is 0. The predicted molar refractivity (Wildman–Crippen MR) is 102 cm³/mol. The summed E-state index contributed by atoms with van der Waals surface area (Å²) in [4.78, 5) is 1.69. The minimum absolute atomic E-state index is 0.775. The molecule has 0 aliphatic heterocycles. The number of aryl methyl sites for hydroxylation is 1. The molecule has 0 atom stereocenters. The minimum Gasteiger partial charge on any atom is -0.151 e. The highest BCUT2D eigenvalue weighted by Gasteiger charge is 2.35. The van der Waals surface area contributed by atoms with Crippen molar-refractivity contribution in [1.82, 2.24) is 0 Å². The van der Waals surface area contributed by atoms with Gasteiger partial charge in [-0.2, -0.15) is 4.57 Å². The normalized spacial score (nSPS) is 19.9. The van der Waals surface area contributed by atoms with Gasteiger partial charge in [-0.3, -0.25) is 0 Å². The van der Waals surface area contributed by atoms with Gasteiger partial charge in [-0.25, -0.2) is 0 Å². The van der Waals surface area contributed by atoms with Gasteiger partial charge < -0.3 is 0 Å². The molecule has 4 rings (SSSR count). The van der Waals surface area contributed by atoms with Crippen LogP contribution in [0.4, 0.5) is 0 Å². The lowest BCUT2D eigenvalue weighted by Gasteiger charge is -2.18. The summed E-state index contributed by atoms with van der Waals surface area (Å²) in [5, 5.41) is 1.64. The average Bonchev–Trinajstić information content (AvgIpc) is 3.24. The molecule has 2 aromatic rings. The van der Waals surface area contributed by atoms with Gasteiger partial charge in [0.15, 0.2) is 5.69 Å². The number of rotatable bonds is 3. The number of hydrogen-bond acceptors (Lipinski definition) is 1. The van der Waals surface area contributed by atoms with E-state index < -0.39 is 0 Å². The van der Waals surface area contributed by atoms with Gasteiger partial charge >= 0.3 is 0 Å². The van der Waals surface area contributed by atoms with Crippen LogP contribution in [0.2, 0.25) is 0 Å².